The van der Waals surface area contributed by atoms with Crippen LogP contribution in [0, 0.1) is 5.92 Å². The smallest absolute Gasteiger partial charge is 0.325 e. The number of nitrogens with zero attached hydrogens (tertiary/aromatic N) is 1. The zero-order chi connectivity index (χ0) is 20.3. The van der Waals surface area contributed by atoms with Crippen molar-refractivity contribution in [1.29, 1.82) is 0 Å². The zero-order valence-electron chi connectivity index (χ0n) is 15.5. The van der Waals surface area contributed by atoms with Gasteiger partial charge in [-0.2, -0.15) is 0 Å². The number of hydrogen-bond donors (Lipinski definition) is 2. The van der Waals surface area contributed by atoms with Crippen LogP contribution in [-0.2, 0) is 9.84 Å². The molecule has 0 unspecified atom stereocenters. The molecular weight excluding hydrogens is 402 g/mol. The lowest BCUT2D eigenvalue weighted by molar-refractivity contribution is 0.0923. The number of hydrogen-bond acceptors (Lipinski definition) is 7. The zero-order valence-corrected chi connectivity index (χ0v) is 17.2. The molecular formula is C18H21N3O5S2. The van der Waals surface area contributed by atoms with Gasteiger partial charge < -0.3 is 10.1 Å². The van der Waals surface area contributed by atoms with E-state index in [9.17, 15) is 18.0 Å². The molecule has 2 N–H and O–H groups in total. The number of amides is 2. The molecule has 1 heterocycles. The van der Waals surface area contributed by atoms with E-state index in [1.165, 1.54) is 13.3 Å². The number of rotatable bonds is 6. The molecule has 1 saturated carbocycles. The van der Waals surface area contributed by atoms with E-state index in [2.05, 4.69) is 15.6 Å². The second kappa shape index (κ2) is 8.27. The predicted octanol–water partition coefficient (Wildman–Crippen LogP) is 3.57. The molecule has 0 spiro atoms. The first-order valence-electron chi connectivity index (χ1n) is 8.74. The predicted molar refractivity (Wildman–Crippen MR) is 107 cm³/mol. The van der Waals surface area contributed by atoms with Gasteiger partial charge in [-0.15, -0.1) is 0 Å². The van der Waals surface area contributed by atoms with Crippen LogP contribution < -0.4 is 15.4 Å². The Kier molecular flexibility index (Phi) is 5.99. The molecule has 8 nitrogen and oxygen atoms in total. The molecule has 2 aromatic rings. The maximum Gasteiger partial charge on any atom is 0.325 e. The lowest BCUT2D eigenvalue weighted by Gasteiger charge is -2.15. The Morgan fingerprint density at radius 1 is 1.21 bits per heavy atom. The molecule has 0 aliphatic heterocycles. The van der Waals surface area contributed by atoms with E-state index >= 15 is 0 Å². The minimum Gasteiger partial charge on any atom is -0.497 e. The molecule has 3 rings (SSSR count). The summed E-state index contributed by atoms with van der Waals surface area (Å²) in [6.07, 6.45) is 6.00. The number of methoxy groups -OCH3 is 1. The number of ether oxygens (including phenoxy) is 1. The minimum absolute atomic E-state index is 0.0136. The van der Waals surface area contributed by atoms with Crippen molar-refractivity contribution in [1.82, 2.24) is 4.98 Å². The van der Waals surface area contributed by atoms with Crippen molar-refractivity contribution in [3.05, 3.63) is 30.0 Å². The summed E-state index contributed by atoms with van der Waals surface area (Å²) in [5.74, 6) is 0.470. The number of Topliss-reactive ketones (excluding diaryl/α,β-unsaturated/α-hetero) is 1. The number of benzene rings is 1. The van der Waals surface area contributed by atoms with Crippen LogP contribution >= 0.6 is 11.3 Å². The van der Waals surface area contributed by atoms with Crippen LogP contribution in [0.2, 0.25) is 0 Å². The van der Waals surface area contributed by atoms with Crippen LogP contribution in [0.1, 0.15) is 36.0 Å². The fourth-order valence-electron chi connectivity index (χ4n) is 3.11. The number of carbonyl (C=O) groups is 2. The van der Waals surface area contributed by atoms with Gasteiger partial charge in [0.2, 0.25) is 0 Å². The summed E-state index contributed by atoms with van der Waals surface area (Å²) in [4.78, 5) is 29.1. The lowest BCUT2D eigenvalue weighted by atomic mass is 9.95. The van der Waals surface area contributed by atoms with Gasteiger partial charge in [-0.25, -0.2) is 18.2 Å². The van der Waals surface area contributed by atoms with E-state index in [0.29, 0.717) is 17.0 Å². The first kappa shape index (κ1) is 20.3. The van der Waals surface area contributed by atoms with Gasteiger partial charge in [0.05, 0.1) is 19.0 Å². The highest BCUT2D eigenvalue weighted by Gasteiger charge is 2.26. The lowest BCUT2D eigenvalue weighted by Crippen LogP contribution is -2.22. The summed E-state index contributed by atoms with van der Waals surface area (Å²) in [7, 11) is -1.87. The number of sulfone groups is 1. The second-order valence-corrected chi connectivity index (χ2v) is 9.87. The molecule has 28 heavy (non-hydrogen) atoms. The molecule has 1 aromatic heterocycles. The maximum atomic E-state index is 12.9. The highest BCUT2D eigenvalue weighted by Crippen LogP contribution is 2.32. The van der Waals surface area contributed by atoms with Gasteiger partial charge in [0, 0.05) is 17.7 Å². The first-order valence-corrected chi connectivity index (χ1v) is 11.4. The van der Waals surface area contributed by atoms with Crippen LogP contribution in [-0.4, -0.2) is 38.6 Å². The quantitative estimate of drug-likeness (QED) is 0.687. The van der Waals surface area contributed by atoms with Crippen LogP contribution in [0.5, 0.6) is 5.75 Å². The molecule has 1 aliphatic rings. The van der Waals surface area contributed by atoms with Crippen molar-refractivity contribution in [2.75, 3.05) is 24.0 Å². The number of ketones is 1. The number of thiazole rings is 1. The second-order valence-electron chi connectivity index (χ2n) is 6.59. The Morgan fingerprint density at radius 2 is 1.93 bits per heavy atom. The minimum atomic E-state index is -3.39. The average molecular weight is 424 g/mol. The van der Waals surface area contributed by atoms with Crippen molar-refractivity contribution in [2.24, 2.45) is 5.92 Å². The standard InChI is InChI=1S/C18H21N3O5S2/c1-26-12-7-8-14(13(9-12)16(22)11-5-3-4-6-11)20-17(23)21-18-19-10-15(27-18)28(2,24)25/h7-11H,3-6H2,1-2H3,(H2,19,20,21,23). The van der Waals surface area contributed by atoms with E-state index in [1.807, 2.05) is 0 Å². The molecule has 0 bridgehead atoms. The Balaban J connectivity index is 1.78. The molecule has 0 atom stereocenters. The average Bonchev–Trinajstić information content (AvgIpc) is 3.33. The molecule has 2 amide bonds. The molecule has 1 fully saturated rings. The summed E-state index contributed by atoms with van der Waals surface area (Å²) in [5.41, 5.74) is 0.771. The normalized spacial score (nSPS) is 14.6. The summed E-state index contributed by atoms with van der Waals surface area (Å²) in [6, 6.07) is 4.29. The molecule has 1 aliphatic carbocycles. The summed E-state index contributed by atoms with van der Waals surface area (Å²) in [6.45, 7) is 0. The van der Waals surface area contributed by atoms with Gasteiger partial charge in [0.25, 0.3) is 0 Å². The van der Waals surface area contributed by atoms with E-state index in [1.54, 1.807) is 18.2 Å². The SMILES string of the molecule is COc1ccc(NC(=O)Nc2ncc(S(C)(=O)=O)s2)c(C(=O)C2CCCC2)c1. The Hall–Kier alpha value is -2.46. The fraction of sp³-hybridized carbons (Fsp3) is 0.389. The van der Waals surface area contributed by atoms with Gasteiger partial charge in [-0.05, 0) is 31.0 Å². The summed E-state index contributed by atoms with van der Waals surface area (Å²) in [5, 5.41) is 5.30. The van der Waals surface area contributed by atoms with Gasteiger partial charge in [-0.1, -0.05) is 24.2 Å². The van der Waals surface area contributed by atoms with Crippen molar-refractivity contribution in [3.8, 4) is 5.75 Å². The van der Waals surface area contributed by atoms with Crippen molar-refractivity contribution < 1.29 is 22.7 Å². The number of anilines is 2. The molecule has 150 valence electrons. The van der Waals surface area contributed by atoms with Crippen molar-refractivity contribution in [2.45, 2.75) is 29.9 Å². The van der Waals surface area contributed by atoms with Gasteiger partial charge in [0.15, 0.2) is 20.8 Å². The third-order valence-electron chi connectivity index (χ3n) is 4.54. The van der Waals surface area contributed by atoms with Crippen LogP contribution in [0.4, 0.5) is 15.6 Å². The van der Waals surface area contributed by atoms with E-state index in [0.717, 1.165) is 43.3 Å². The third-order valence-corrected chi connectivity index (χ3v) is 7.24. The summed E-state index contributed by atoms with van der Waals surface area (Å²) >= 11 is 0.858. The summed E-state index contributed by atoms with van der Waals surface area (Å²) < 4.78 is 28.3. The van der Waals surface area contributed by atoms with Crippen molar-refractivity contribution in [3.63, 3.8) is 0 Å². The fourth-order valence-corrected chi connectivity index (χ4v) is 4.74. The van der Waals surface area contributed by atoms with Crippen molar-refractivity contribution >= 4 is 43.8 Å². The highest BCUT2D eigenvalue weighted by atomic mass is 32.2. The largest absolute Gasteiger partial charge is 0.497 e. The number of nitrogens with one attached hydrogen (secondary N) is 2. The van der Waals surface area contributed by atoms with Gasteiger partial charge in [-0.3, -0.25) is 10.1 Å². The molecule has 10 heteroatoms. The molecule has 0 radical (unpaired) electrons. The monoisotopic (exact) mass is 423 g/mol. The van der Waals surface area contributed by atoms with E-state index in [-0.39, 0.29) is 21.0 Å². The van der Waals surface area contributed by atoms with Gasteiger partial charge in [0.1, 0.15) is 9.96 Å². The number of urea groups is 1. The Labute approximate surface area is 167 Å². The number of carbonyl (C=O) groups excluding carboxylic acids is 2. The molecule has 1 aromatic carbocycles. The van der Waals surface area contributed by atoms with E-state index in [4.69, 9.17) is 4.74 Å². The highest BCUT2D eigenvalue weighted by molar-refractivity contribution is 7.92. The Bertz CT molecular complexity index is 994. The van der Waals surface area contributed by atoms with Crippen LogP contribution in [0.15, 0.2) is 28.6 Å². The van der Waals surface area contributed by atoms with E-state index < -0.39 is 15.9 Å². The topological polar surface area (TPSA) is 114 Å². The Morgan fingerprint density at radius 3 is 2.54 bits per heavy atom. The first-order chi connectivity index (χ1) is 13.3. The third kappa shape index (κ3) is 4.68. The van der Waals surface area contributed by atoms with Gasteiger partial charge >= 0.3 is 6.03 Å². The number of aromatic nitrogens is 1. The van der Waals surface area contributed by atoms with Crippen LogP contribution in [0.3, 0.4) is 0 Å². The van der Waals surface area contributed by atoms with Crippen LogP contribution in [0.25, 0.3) is 0 Å². The maximum absolute atomic E-state index is 12.9. The molecule has 0 saturated heterocycles.